The Morgan fingerprint density at radius 3 is 2.57 bits per heavy atom. The van der Waals surface area contributed by atoms with Crippen molar-refractivity contribution < 1.29 is 9.18 Å². The van der Waals surface area contributed by atoms with Gasteiger partial charge in [0, 0.05) is 50.3 Å². The lowest BCUT2D eigenvalue weighted by Crippen LogP contribution is -2.46. The Morgan fingerprint density at radius 2 is 1.73 bits per heavy atom. The van der Waals surface area contributed by atoms with Crippen LogP contribution in [-0.2, 0) is 19.5 Å². The van der Waals surface area contributed by atoms with Gasteiger partial charge in [-0.1, -0.05) is 30.3 Å². The molecule has 1 N–H and O–H groups in total. The zero-order valence-electron chi connectivity index (χ0n) is 20.7. The number of aryl methyl sites for hydroxylation is 1. The number of nitrogens with zero attached hydrogens (tertiary/aromatic N) is 4. The molecule has 6 nitrogen and oxygen atoms in total. The molecule has 2 aliphatic rings. The third kappa shape index (κ3) is 5.31. The minimum atomic E-state index is -0.314. The van der Waals surface area contributed by atoms with Crippen molar-refractivity contribution in [3.05, 3.63) is 89.2 Å². The highest BCUT2D eigenvalue weighted by Gasteiger charge is 2.24. The third-order valence-electron chi connectivity index (χ3n) is 7.35. The van der Waals surface area contributed by atoms with Crippen LogP contribution in [0.4, 0.5) is 20.7 Å². The van der Waals surface area contributed by atoms with Gasteiger partial charge in [0.15, 0.2) is 0 Å². The molecule has 3 aromatic carbocycles. The van der Waals surface area contributed by atoms with Crippen molar-refractivity contribution in [1.29, 1.82) is 0 Å². The molecule has 2 aliphatic heterocycles. The molecule has 8 heteroatoms. The Labute approximate surface area is 220 Å². The monoisotopic (exact) mass is 515 g/mol. The highest BCUT2D eigenvalue weighted by molar-refractivity contribution is 7.13. The molecule has 0 saturated carbocycles. The highest BCUT2D eigenvalue weighted by atomic mass is 32.1. The molecule has 0 radical (unpaired) electrons. The van der Waals surface area contributed by atoms with Crippen LogP contribution in [-0.4, -0.2) is 52.9 Å². The number of benzene rings is 3. The average molecular weight is 516 g/mol. The number of piperazine rings is 1. The van der Waals surface area contributed by atoms with Crippen LogP contribution in [0.3, 0.4) is 0 Å². The second-order valence-electron chi connectivity index (χ2n) is 9.83. The quantitative estimate of drug-likeness (QED) is 0.356. The molecule has 4 aromatic rings. The SMILES string of the molecule is O=C(Nc1ccc(F)cc1)N1Cc2ccc(CCCN3CCN(c4nsc5ccccc45)CC3)cc2C1. The van der Waals surface area contributed by atoms with E-state index in [0.717, 1.165) is 51.4 Å². The molecule has 2 amide bonds. The van der Waals surface area contributed by atoms with Crippen LogP contribution in [0.25, 0.3) is 10.1 Å². The standard InChI is InChI=1S/C29H30FN5OS/c30-24-9-11-25(12-10-24)31-29(36)35-19-22-8-7-21(18-23(22)20-35)4-3-13-33-14-16-34(17-15-33)28-26-5-1-2-6-27(26)37-32-28/h1-2,5-12,18H,3-4,13-17,19-20H2,(H,31,36). The zero-order chi connectivity index (χ0) is 25.2. The summed E-state index contributed by atoms with van der Waals surface area (Å²) in [6.07, 6.45) is 2.15. The first kappa shape index (κ1) is 23.9. The summed E-state index contributed by atoms with van der Waals surface area (Å²) in [5, 5.41) is 4.13. The van der Waals surface area contributed by atoms with Gasteiger partial charge in [-0.2, -0.15) is 4.37 Å². The first-order chi connectivity index (χ1) is 18.1. The summed E-state index contributed by atoms with van der Waals surface area (Å²) < 4.78 is 19.1. The van der Waals surface area contributed by atoms with Crippen LogP contribution in [0, 0.1) is 5.82 Å². The fraction of sp³-hybridized carbons (Fsp3) is 0.310. The van der Waals surface area contributed by atoms with Crippen LogP contribution in [0.1, 0.15) is 23.1 Å². The lowest BCUT2D eigenvalue weighted by atomic mass is 10.0. The summed E-state index contributed by atoms with van der Waals surface area (Å²) in [4.78, 5) is 19.4. The number of hydrogen-bond donors (Lipinski definition) is 1. The van der Waals surface area contributed by atoms with Crippen molar-refractivity contribution >= 4 is 39.2 Å². The molecule has 0 unspecified atom stereocenters. The molecule has 37 heavy (non-hydrogen) atoms. The first-order valence-corrected chi connectivity index (χ1v) is 13.6. The van der Waals surface area contributed by atoms with Crippen molar-refractivity contribution in [2.45, 2.75) is 25.9 Å². The summed E-state index contributed by atoms with van der Waals surface area (Å²) in [6.45, 7) is 6.45. The summed E-state index contributed by atoms with van der Waals surface area (Å²) in [5.74, 6) is 0.824. The number of carbonyl (C=O) groups is 1. The lowest BCUT2D eigenvalue weighted by molar-refractivity contribution is 0.212. The van der Waals surface area contributed by atoms with Crippen molar-refractivity contribution in [2.75, 3.05) is 42.9 Å². The molecule has 1 saturated heterocycles. The average Bonchev–Trinajstić information content (AvgIpc) is 3.55. The molecule has 3 heterocycles. The Hall–Kier alpha value is -3.49. The van der Waals surface area contributed by atoms with Gasteiger partial charge in [0.2, 0.25) is 0 Å². The van der Waals surface area contributed by atoms with Crippen LogP contribution in [0.2, 0.25) is 0 Å². The maximum Gasteiger partial charge on any atom is 0.322 e. The van der Waals surface area contributed by atoms with Gasteiger partial charge in [-0.25, -0.2) is 9.18 Å². The van der Waals surface area contributed by atoms with Gasteiger partial charge in [0.05, 0.1) is 4.70 Å². The largest absolute Gasteiger partial charge is 0.353 e. The van der Waals surface area contributed by atoms with Crippen molar-refractivity contribution in [3.8, 4) is 0 Å². The normalized spacial score (nSPS) is 15.8. The molecule has 190 valence electrons. The number of halogens is 1. The van der Waals surface area contributed by atoms with Crippen LogP contribution in [0.15, 0.2) is 66.7 Å². The van der Waals surface area contributed by atoms with E-state index in [4.69, 9.17) is 4.37 Å². The number of anilines is 2. The number of carbonyl (C=O) groups excluding carboxylic acids is 1. The van der Waals surface area contributed by atoms with E-state index >= 15 is 0 Å². The first-order valence-electron chi connectivity index (χ1n) is 12.9. The smallest absolute Gasteiger partial charge is 0.322 e. The zero-order valence-corrected chi connectivity index (χ0v) is 21.5. The lowest BCUT2D eigenvalue weighted by Gasteiger charge is -2.35. The molecule has 0 spiro atoms. The molecule has 1 aromatic heterocycles. The van der Waals surface area contributed by atoms with Gasteiger partial charge < -0.3 is 15.1 Å². The molecular weight excluding hydrogens is 485 g/mol. The van der Waals surface area contributed by atoms with Gasteiger partial charge in [0.25, 0.3) is 0 Å². The van der Waals surface area contributed by atoms with Gasteiger partial charge in [-0.15, -0.1) is 0 Å². The van der Waals surface area contributed by atoms with E-state index in [1.54, 1.807) is 28.6 Å². The molecule has 6 rings (SSSR count). The van der Waals surface area contributed by atoms with E-state index in [2.05, 4.69) is 57.6 Å². The maximum absolute atomic E-state index is 13.1. The summed E-state index contributed by atoms with van der Waals surface area (Å²) in [5.41, 5.74) is 4.34. The summed E-state index contributed by atoms with van der Waals surface area (Å²) in [6, 6.07) is 20.8. The molecule has 0 bridgehead atoms. The summed E-state index contributed by atoms with van der Waals surface area (Å²) in [7, 11) is 0. The van der Waals surface area contributed by atoms with Gasteiger partial charge >= 0.3 is 6.03 Å². The van der Waals surface area contributed by atoms with Gasteiger partial charge in [-0.3, -0.25) is 4.90 Å². The number of hydrogen-bond acceptors (Lipinski definition) is 5. The number of amides is 2. The Balaban J connectivity index is 0.968. The van der Waals surface area contributed by atoms with Crippen LogP contribution >= 0.6 is 11.5 Å². The third-order valence-corrected chi connectivity index (χ3v) is 8.16. The predicted octanol–water partition coefficient (Wildman–Crippen LogP) is 5.74. The maximum atomic E-state index is 13.1. The predicted molar refractivity (Wildman–Crippen MR) is 148 cm³/mol. The molecule has 0 atom stereocenters. The second kappa shape index (κ2) is 10.5. The fourth-order valence-corrected chi connectivity index (χ4v) is 6.07. The van der Waals surface area contributed by atoms with E-state index in [0.29, 0.717) is 18.8 Å². The van der Waals surface area contributed by atoms with E-state index < -0.39 is 0 Å². The molecule has 1 fully saturated rings. The van der Waals surface area contributed by atoms with Gasteiger partial charge in [0.1, 0.15) is 11.6 Å². The number of urea groups is 1. The topological polar surface area (TPSA) is 51.7 Å². The highest BCUT2D eigenvalue weighted by Crippen LogP contribution is 2.30. The number of nitrogens with one attached hydrogen (secondary N) is 1. The van der Waals surface area contributed by atoms with E-state index in [9.17, 15) is 9.18 Å². The summed E-state index contributed by atoms with van der Waals surface area (Å²) >= 11 is 1.59. The molecular formula is C29H30FN5OS. The van der Waals surface area contributed by atoms with Gasteiger partial charge in [-0.05, 0) is 84.0 Å². The Bertz CT molecular complexity index is 1400. The van der Waals surface area contributed by atoms with Crippen LogP contribution in [0.5, 0.6) is 0 Å². The Morgan fingerprint density at radius 1 is 0.946 bits per heavy atom. The van der Waals surface area contributed by atoms with E-state index in [-0.39, 0.29) is 11.8 Å². The minimum absolute atomic E-state index is 0.158. The Kier molecular flexibility index (Phi) is 6.76. The fourth-order valence-electron chi connectivity index (χ4n) is 5.27. The molecule has 0 aliphatic carbocycles. The van der Waals surface area contributed by atoms with E-state index in [1.807, 2.05) is 0 Å². The van der Waals surface area contributed by atoms with Crippen molar-refractivity contribution in [3.63, 3.8) is 0 Å². The van der Waals surface area contributed by atoms with E-state index in [1.165, 1.54) is 38.9 Å². The number of fused-ring (bicyclic) bond motifs is 2. The number of aromatic nitrogens is 1. The minimum Gasteiger partial charge on any atom is -0.353 e. The number of rotatable bonds is 6. The van der Waals surface area contributed by atoms with Crippen molar-refractivity contribution in [2.24, 2.45) is 0 Å². The second-order valence-corrected chi connectivity index (χ2v) is 10.6. The van der Waals surface area contributed by atoms with Crippen LogP contribution < -0.4 is 10.2 Å². The van der Waals surface area contributed by atoms with Crippen molar-refractivity contribution in [1.82, 2.24) is 14.2 Å².